The zero-order chi connectivity index (χ0) is 13.1. The normalized spacial score (nSPS) is 10.3. The molecule has 2 aromatic rings. The largest absolute Gasteiger partial charge is 0.477 e. The molecule has 0 amide bonds. The number of nitrogens with zero attached hydrogens (tertiary/aromatic N) is 1. The molecule has 1 aromatic carbocycles. The summed E-state index contributed by atoms with van der Waals surface area (Å²) in [6, 6.07) is 9.64. The van der Waals surface area contributed by atoms with Crippen LogP contribution in [-0.2, 0) is 6.54 Å². The van der Waals surface area contributed by atoms with Crippen LogP contribution in [0, 0.1) is 5.82 Å². The summed E-state index contributed by atoms with van der Waals surface area (Å²) in [6.45, 7) is 0.611. The molecule has 0 saturated carbocycles. The van der Waals surface area contributed by atoms with Crippen molar-refractivity contribution in [1.82, 2.24) is 0 Å². The van der Waals surface area contributed by atoms with Crippen molar-refractivity contribution in [1.29, 1.82) is 0 Å². The molecule has 18 heavy (non-hydrogen) atoms. The number of carbonyl (C=O) groups is 1. The number of rotatable bonds is 4. The summed E-state index contributed by atoms with van der Waals surface area (Å²) in [7, 11) is 1.88. The van der Waals surface area contributed by atoms with Gasteiger partial charge in [-0.05, 0) is 29.8 Å². The first-order chi connectivity index (χ1) is 8.56. The second-order valence-corrected chi connectivity index (χ2v) is 4.99. The number of carboxylic acids is 1. The molecule has 1 N–H and O–H groups in total. The van der Waals surface area contributed by atoms with E-state index in [2.05, 4.69) is 0 Å². The number of carboxylic acid groups (broad SMARTS) is 1. The third-order valence-corrected chi connectivity index (χ3v) is 3.70. The highest BCUT2D eigenvalue weighted by atomic mass is 32.1. The van der Waals surface area contributed by atoms with E-state index >= 15 is 0 Å². The molecule has 2 rings (SSSR count). The van der Waals surface area contributed by atoms with Gasteiger partial charge in [0, 0.05) is 13.6 Å². The molecule has 0 aliphatic carbocycles. The van der Waals surface area contributed by atoms with Gasteiger partial charge in [0.15, 0.2) is 0 Å². The standard InChI is InChI=1S/C13H12FNO2S/c1-15(8-9-2-4-10(14)5-3-9)12-7-6-11(18-12)13(16)17/h2-7H,8H2,1H3,(H,16,17). The van der Waals surface area contributed by atoms with Gasteiger partial charge >= 0.3 is 5.97 Å². The van der Waals surface area contributed by atoms with Gasteiger partial charge < -0.3 is 10.0 Å². The molecule has 0 atom stereocenters. The van der Waals surface area contributed by atoms with Crippen LogP contribution in [0.1, 0.15) is 15.2 Å². The van der Waals surface area contributed by atoms with E-state index in [-0.39, 0.29) is 5.82 Å². The summed E-state index contributed by atoms with van der Waals surface area (Å²) in [5.74, 6) is -1.17. The Kier molecular flexibility index (Phi) is 3.62. The monoisotopic (exact) mass is 265 g/mol. The third kappa shape index (κ3) is 2.87. The van der Waals surface area contributed by atoms with Crippen LogP contribution in [0.3, 0.4) is 0 Å². The van der Waals surface area contributed by atoms with E-state index in [0.29, 0.717) is 11.4 Å². The van der Waals surface area contributed by atoms with E-state index in [9.17, 15) is 9.18 Å². The lowest BCUT2D eigenvalue weighted by molar-refractivity contribution is 0.0702. The molecule has 0 bridgehead atoms. The first kappa shape index (κ1) is 12.6. The fourth-order valence-corrected chi connectivity index (χ4v) is 2.39. The number of benzene rings is 1. The predicted molar refractivity (Wildman–Crippen MR) is 69.8 cm³/mol. The van der Waals surface area contributed by atoms with Gasteiger partial charge in [-0.2, -0.15) is 0 Å². The van der Waals surface area contributed by atoms with Crippen molar-refractivity contribution in [2.24, 2.45) is 0 Å². The van der Waals surface area contributed by atoms with Crippen LogP contribution < -0.4 is 4.90 Å². The van der Waals surface area contributed by atoms with Gasteiger partial charge in [0.05, 0.1) is 5.00 Å². The van der Waals surface area contributed by atoms with Crippen LogP contribution in [0.2, 0.25) is 0 Å². The lowest BCUT2D eigenvalue weighted by atomic mass is 10.2. The van der Waals surface area contributed by atoms with Gasteiger partial charge in [-0.15, -0.1) is 11.3 Å². The molecule has 5 heteroatoms. The molecule has 94 valence electrons. The number of hydrogen-bond acceptors (Lipinski definition) is 3. The average Bonchev–Trinajstić information content (AvgIpc) is 2.81. The molecule has 1 aromatic heterocycles. The summed E-state index contributed by atoms with van der Waals surface area (Å²) in [6.07, 6.45) is 0. The van der Waals surface area contributed by atoms with E-state index in [1.54, 1.807) is 24.3 Å². The fraction of sp³-hybridized carbons (Fsp3) is 0.154. The maximum atomic E-state index is 12.8. The van der Waals surface area contributed by atoms with Crippen molar-refractivity contribution in [3.63, 3.8) is 0 Å². The highest BCUT2D eigenvalue weighted by Gasteiger charge is 2.10. The molecule has 1 heterocycles. The van der Waals surface area contributed by atoms with Crippen molar-refractivity contribution in [2.75, 3.05) is 11.9 Å². The van der Waals surface area contributed by atoms with E-state index < -0.39 is 5.97 Å². The molecule has 0 fully saturated rings. The van der Waals surface area contributed by atoms with Crippen molar-refractivity contribution >= 4 is 22.3 Å². The third-order valence-electron chi connectivity index (χ3n) is 2.51. The Morgan fingerprint density at radius 2 is 1.94 bits per heavy atom. The minimum absolute atomic E-state index is 0.259. The molecule has 0 unspecified atom stereocenters. The van der Waals surface area contributed by atoms with Crippen molar-refractivity contribution in [3.05, 3.63) is 52.7 Å². The molecule has 0 radical (unpaired) electrons. The predicted octanol–water partition coefficient (Wildman–Crippen LogP) is 3.22. The van der Waals surface area contributed by atoms with Gasteiger partial charge in [0.25, 0.3) is 0 Å². The number of thiophene rings is 1. The highest BCUT2D eigenvalue weighted by molar-refractivity contribution is 7.17. The number of aromatic carboxylic acids is 1. The Balaban J connectivity index is 2.09. The van der Waals surface area contributed by atoms with Crippen LogP contribution in [0.5, 0.6) is 0 Å². The number of hydrogen-bond donors (Lipinski definition) is 1. The second-order valence-electron chi connectivity index (χ2n) is 3.93. The van der Waals surface area contributed by atoms with Crippen LogP contribution in [0.25, 0.3) is 0 Å². The van der Waals surface area contributed by atoms with Crippen molar-refractivity contribution < 1.29 is 14.3 Å². The quantitative estimate of drug-likeness (QED) is 0.922. The Labute approximate surface area is 108 Å². The van der Waals surface area contributed by atoms with E-state index in [4.69, 9.17) is 5.11 Å². The van der Waals surface area contributed by atoms with E-state index in [1.165, 1.54) is 23.5 Å². The number of halogens is 1. The van der Waals surface area contributed by atoms with Crippen LogP contribution >= 0.6 is 11.3 Å². The SMILES string of the molecule is CN(Cc1ccc(F)cc1)c1ccc(C(=O)O)s1. The lowest BCUT2D eigenvalue weighted by Gasteiger charge is -2.16. The van der Waals surface area contributed by atoms with Gasteiger partial charge in [-0.1, -0.05) is 12.1 Å². The fourth-order valence-electron chi connectivity index (χ4n) is 1.59. The lowest BCUT2D eigenvalue weighted by Crippen LogP contribution is -2.14. The van der Waals surface area contributed by atoms with Crippen molar-refractivity contribution in [3.8, 4) is 0 Å². The highest BCUT2D eigenvalue weighted by Crippen LogP contribution is 2.26. The first-order valence-corrected chi connectivity index (χ1v) is 6.16. The zero-order valence-corrected chi connectivity index (χ0v) is 10.6. The molecule has 0 aliphatic rings. The average molecular weight is 265 g/mol. The van der Waals surface area contributed by atoms with Gasteiger partial charge in [0.1, 0.15) is 10.7 Å². The van der Waals surface area contributed by atoms with Gasteiger partial charge in [-0.3, -0.25) is 0 Å². The summed E-state index contributed by atoms with van der Waals surface area (Å²) < 4.78 is 12.8. The van der Waals surface area contributed by atoms with Crippen LogP contribution in [0.4, 0.5) is 9.39 Å². The summed E-state index contributed by atoms with van der Waals surface area (Å²) >= 11 is 1.22. The first-order valence-electron chi connectivity index (χ1n) is 5.35. The maximum Gasteiger partial charge on any atom is 0.345 e. The molecule has 0 saturated heterocycles. The van der Waals surface area contributed by atoms with Gasteiger partial charge in [-0.25, -0.2) is 9.18 Å². The maximum absolute atomic E-state index is 12.8. The zero-order valence-electron chi connectivity index (χ0n) is 9.76. The molecular weight excluding hydrogens is 253 g/mol. The summed E-state index contributed by atoms with van der Waals surface area (Å²) in [5.41, 5.74) is 0.976. The van der Waals surface area contributed by atoms with E-state index in [0.717, 1.165) is 10.6 Å². The summed E-state index contributed by atoms with van der Waals surface area (Å²) in [5, 5.41) is 9.72. The Morgan fingerprint density at radius 1 is 1.28 bits per heavy atom. The van der Waals surface area contributed by atoms with E-state index in [1.807, 2.05) is 11.9 Å². The minimum atomic E-state index is -0.915. The molecular formula is C13H12FNO2S. The second kappa shape index (κ2) is 5.18. The Hall–Kier alpha value is -1.88. The smallest absolute Gasteiger partial charge is 0.345 e. The molecule has 3 nitrogen and oxygen atoms in total. The van der Waals surface area contributed by atoms with Crippen LogP contribution in [-0.4, -0.2) is 18.1 Å². The molecule has 0 aliphatic heterocycles. The van der Waals surface area contributed by atoms with Crippen LogP contribution in [0.15, 0.2) is 36.4 Å². The minimum Gasteiger partial charge on any atom is -0.477 e. The van der Waals surface area contributed by atoms with Crippen molar-refractivity contribution in [2.45, 2.75) is 6.54 Å². The topological polar surface area (TPSA) is 40.5 Å². The number of anilines is 1. The molecule has 0 spiro atoms. The Bertz CT molecular complexity index is 550. The van der Waals surface area contributed by atoms with Gasteiger partial charge in [0.2, 0.25) is 0 Å². The summed E-state index contributed by atoms with van der Waals surface area (Å²) in [4.78, 5) is 13.0. The Morgan fingerprint density at radius 3 is 2.50 bits per heavy atom.